The Bertz CT molecular complexity index is 590. The highest BCUT2D eigenvalue weighted by Gasteiger charge is 2.31. The second-order valence-electron chi connectivity index (χ2n) is 5.00. The number of hydrogen-bond donors (Lipinski definition) is 1. The van der Waals surface area contributed by atoms with Gasteiger partial charge in [-0.2, -0.15) is 0 Å². The zero-order chi connectivity index (χ0) is 16.3. The molecule has 0 spiro atoms. The lowest BCUT2D eigenvalue weighted by Gasteiger charge is -2.18. The first-order chi connectivity index (χ1) is 10.5. The van der Waals surface area contributed by atoms with E-state index in [9.17, 15) is 9.59 Å². The van der Waals surface area contributed by atoms with Crippen LogP contribution in [0.25, 0.3) is 0 Å². The summed E-state index contributed by atoms with van der Waals surface area (Å²) in [5.41, 5.74) is 0.443. The lowest BCUT2D eigenvalue weighted by Crippen LogP contribution is -2.30. The zero-order valence-corrected chi connectivity index (χ0v) is 14.1. The smallest absolute Gasteiger partial charge is 0.308 e. The SMILES string of the molecule is CCOc1c(Br)cc(C(=O)N2CC[C@@H](C(=O)O)C2)cc1OC. The molecule has 0 radical (unpaired) electrons. The number of methoxy groups -OCH3 is 1. The summed E-state index contributed by atoms with van der Waals surface area (Å²) >= 11 is 3.38. The number of carboxylic acid groups (broad SMARTS) is 1. The van der Waals surface area contributed by atoms with Crippen LogP contribution < -0.4 is 9.47 Å². The molecule has 0 unspecified atom stereocenters. The fourth-order valence-electron chi connectivity index (χ4n) is 2.46. The monoisotopic (exact) mass is 371 g/mol. The van der Waals surface area contributed by atoms with Crippen LogP contribution in [0.3, 0.4) is 0 Å². The topological polar surface area (TPSA) is 76.1 Å². The van der Waals surface area contributed by atoms with Crippen LogP contribution in [0.4, 0.5) is 0 Å². The van der Waals surface area contributed by atoms with Gasteiger partial charge in [0.05, 0.1) is 24.1 Å². The van der Waals surface area contributed by atoms with Gasteiger partial charge in [0.15, 0.2) is 11.5 Å². The highest BCUT2D eigenvalue weighted by molar-refractivity contribution is 9.10. The van der Waals surface area contributed by atoms with Crippen molar-refractivity contribution < 1.29 is 24.2 Å². The Morgan fingerprint density at radius 2 is 2.18 bits per heavy atom. The van der Waals surface area contributed by atoms with Gasteiger partial charge in [0.1, 0.15) is 0 Å². The predicted octanol–water partition coefficient (Wildman–Crippen LogP) is 2.40. The molecular weight excluding hydrogens is 354 g/mol. The molecule has 0 bridgehead atoms. The molecule has 1 aliphatic heterocycles. The first-order valence-corrected chi connectivity index (χ1v) is 7.79. The average Bonchev–Trinajstić information content (AvgIpc) is 2.98. The molecule has 7 heteroatoms. The van der Waals surface area contributed by atoms with Gasteiger partial charge in [-0.3, -0.25) is 9.59 Å². The second-order valence-corrected chi connectivity index (χ2v) is 5.85. The number of carbonyl (C=O) groups is 2. The van der Waals surface area contributed by atoms with E-state index >= 15 is 0 Å². The van der Waals surface area contributed by atoms with Gasteiger partial charge in [-0.1, -0.05) is 0 Å². The molecule has 6 nitrogen and oxygen atoms in total. The summed E-state index contributed by atoms with van der Waals surface area (Å²) in [6, 6.07) is 3.29. The van der Waals surface area contributed by atoms with E-state index in [4.69, 9.17) is 14.6 Å². The fraction of sp³-hybridized carbons (Fsp3) is 0.467. The number of hydrogen-bond acceptors (Lipinski definition) is 4. The summed E-state index contributed by atoms with van der Waals surface area (Å²) in [5, 5.41) is 9.02. The number of carbonyl (C=O) groups excluding carboxylic acids is 1. The van der Waals surface area contributed by atoms with Gasteiger partial charge in [-0.25, -0.2) is 0 Å². The molecule has 22 heavy (non-hydrogen) atoms. The van der Waals surface area contributed by atoms with Gasteiger partial charge in [-0.15, -0.1) is 0 Å². The predicted molar refractivity (Wildman–Crippen MR) is 83.5 cm³/mol. The van der Waals surface area contributed by atoms with E-state index in [1.54, 1.807) is 17.0 Å². The molecule has 120 valence electrons. The van der Waals surface area contributed by atoms with Crippen molar-refractivity contribution in [3.63, 3.8) is 0 Å². The van der Waals surface area contributed by atoms with E-state index in [-0.39, 0.29) is 12.5 Å². The van der Waals surface area contributed by atoms with Crippen molar-refractivity contribution in [2.75, 3.05) is 26.8 Å². The number of aliphatic carboxylic acids is 1. The summed E-state index contributed by atoms with van der Waals surface area (Å²) < 4.78 is 11.4. The van der Waals surface area contributed by atoms with Crippen molar-refractivity contribution in [1.29, 1.82) is 0 Å². The summed E-state index contributed by atoms with van der Waals surface area (Å²) in [5.74, 6) is -0.538. The summed E-state index contributed by atoms with van der Waals surface area (Å²) in [7, 11) is 1.51. The molecule has 1 atom stereocenters. The van der Waals surface area contributed by atoms with Gasteiger partial charge in [0.2, 0.25) is 0 Å². The summed E-state index contributed by atoms with van der Waals surface area (Å²) in [4.78, 5) is 25.1. The average molecular weight is 372 g/mol. The van der Waals surface area contributed by atoms with E-state index < -0.39 is 11.9 Å². The quantitative estimate of drug-likeness (QED) is 0.859. The third kappa shape index (κ3) is 3.35. The maximum absolute atomic E-state index is 12.5. The lowest BCUT2D eigenvalue weighted by atomic mass is 10.1. The number of nitrogens with zero attached hydrogens (tertiary/aromatic N) is 1. The Morgan fingerprint density at radius 1 is 1.45 bits per heavy atom. The highest BCUT2D eigenvalue weighted by atomic mass is 79.9. The van der Waals surface area contributed by atoms with Gasteiger partial charge in [-0.05, 0) is 41.4 Å². The van der Waals surface area contributed by atoms with Gasteiger partial charge < -0.3 is 19.5 Å². The number of halogens is 1. The standard InChI is InChI=1S/C15H18BrNO5/c1-3-22-13-11(16)6-10(7-12(13)21-2)14(18)17-5-4-9(8-17)15(19)20/h6-7,9H,3-5,8H2,1-2H3,(H,19,20)/t9-/m1/s1. The van der Waals surface area contributed by atoms with Crippen molar-refractivity contribution in [3.8, 4) is 11.5 Å². The molecule has 2 rings (SSSR count). The molecule has 0 saturated carbocycles. The largest absolute Gasteiger partial charge is 0.493 e. The first kappa shape index (κ1) is 16.6. The Balaban J connectivity index is 2.24. The van der Waals surface area contributed by atoms with Crippen LogP contribution in [0.15, 0.2) is 16.6 Å². The van der Waals surface area contributed by atoms with Crippen molar-refractivity contribution in [2.45, 2.75) is 13.3 Å². The van der Waals surface area contributed by atoms with Crippen LogP contribution in [0.1, 0.15) is 23.7 Å². The molecular formula is C15H18BrNO5. The van der Waals surface area contributed by atoms with Gasteiger partial charge in [0, 0.05) is 18.7 Å². The van der Waals surface area contributed by atoms with Gasteiger partial charge >= 0.3 is 5.97 Å². The van der Waals surface area contributed by atoms with E-state index in [1.807, 2.05) is 6.92 Å². The molecule has 1 N–H and O–H groups in total. The van der Waals surface area contributed by atoms with Crippen molar-refractivity contribution in [3.05, 3.63) is 22.2 Å². The highest BCUT2D eigenvalue weighted by Crippen LogP contribution is 2.37. The third-order valence-corrected chi connectivity index (χ3v) is 4.18. The summed E-state index contributed by atoms with van der Waals surface area (Å²) in [6.07, 6.45) is 0.483. The van der Waals surface area contributed by atoms with Gasteiger partial charge in [0.25, 0.3) is 5.91 Å². The molecule has 1 aromatic rings. The molecule has 1 saturated heterocycles. The van der Waals surface area contributed by atoms with E-state index in [1.165, 1.54) is 7.11 Å². The minimum atomic E-state index is -0.860. The Morgan fingerprint density at radius 3 is 2.73 bits per heavy atom. The molecule has 1 heterocycles. The van der Waals surface area contributed by atoms with E-state index in [2.05, 4.69) is 15.9 Å². The second kappa shape index (κ2) is 7.00. The normalized spacial score (nSPS) is 17.4. The van der Waals surface area contributed by atoms with E-state index in [0.29, 0.717) is 41.1 Å². The molecule has 1 aromatic carbocycles. The minimum absolute atomic E-state index is 0.203. The lowest BCUT2D eigenvalue weighted by molar-refractivity contribution is -0.141. The molecule has 1 fully saturated rings. The molecule has 1 aliphatic rings. The minimum Gasteiger partial charge on any atom is -0.493 e. The van der Waals surface area contributed by atoms with Crippen LogP contribution in [0.2, 0.25) is 0 Å². The van der Waals surface area contributed by atoms with Crippen molar-refractivity contribution in [2.24, 2.45) is 5.92 Å². The zero-order valence-electron chi connectivity index (χ0n) is 12.5. The first-order valence-electron chi connectivity index (χ1n) is 7.00. The van der Waals surface area contributed by atoms with E-state index in [0.717, 1.165) is 0 Å². The number of likely N-dealkylation sites (tertiary alicyclic amines) is 1. The summed E-state index contributed by atoms with van der Waals surface area (Å²) in [6.45, 7) is 3.03. The Kier molecular flexibility index (Phi) is 5.28. The molecule has 1 amide bonds. The van der Waals surface area contributed by atoms with Crippen LogP contribution in [0.5, 0.6) is 11.5 Å². The van der Waals surface area contributed by atoms with Crippen molar-refractivity contribution >= 4 is 27.8 Å². The fourth-order valence-corrected chi connectivity index (χ4v) is 3.01. The Labute approximate surface area is 137 Å². The third-order valence-electron chi connectivity index (χ3n) is 3.59. The maximum Gasteiger partial charge on any atom is 0.308 e. The van der Waals surface area contributed by atoms with Crippen LogP contribution in [-0.4, -0.2) is 48.7 Å². The number of benzene rings is 1. The number of amides is 1. The van der Waals surface area contributed by atoms with Crippen LogP contribution >= 0.6 is 15.9 Å². The Hall–Kier alpha value is -1.76. The molecule has 0 aliphatic carbocycles. The van der Waals surface area contributed by atoms with Crippen LogP contribution in [-0.2, 0) is 4.79 Å². The number of carboxylic acids is 1. The molecule has 0 aromatic heterocycles. The van der Waals surface area contributed by atoms with Crippen molar-refractivity contribution in [1.82, 2.24) is 4.90 Å². The van der Waals surface area contributed by atoms with Crippen LogP contribution in [0, 0.1) is 5.92 Å². The maximum atomic E-state index is 12.5. The number of ether oxygens (including phenoxy) is 2. The number of rotatable bonds is 5.